The smallest absolute Gasteiger partial charge is 0.257 e. The quantitative estimate of drug-likeness (QED) is 0.366. The number of hydrogen-bond acceptors (Lipinski definition) is 4. The monoisotopic (exact) mass is 481 g/mol. The van der Waals surface area contributed by atoms with Gasteiger partial charge in [-0.15, -0.1) is 0 Å². The van der Waals surface area contributed by atoms with Crippen LogP contribution in [0.15, 0.2) is 72.8 Å². The number of carbonyl (C=O) groups is 2. The molecular weight excluding hydrogens is 458 g/mol. The molecule has 0 saturated carbocycles. The molecule has 8 heteroatoms. The number of thiocarbonyl (C=S) groups is 1. The Labute approximate surface area is 203 Å². The van der Waals surface area contributed by atoms with E-state index in [9.17, 15) is 9.59 Å². The van der Waals surface area contributed by atoms with E-state index in [4.69, 9.17) is 28.6 Å². The van der Waals surface area contributed by atoms with Crippen molar-refractivity contribution in [1.82, 2.24) is 5.32 Å². The average Bonchev–Trinajstić information content (AvgIpc) is 2.80. The molecule has 0 aliphatic rings. The van der Waals surface area contributed by atoms with Gasteiger partial charge in [0.15, 0.2) is 5.11 Å². The largest absolute Gasteiger partial charge is 0.491 e. The molecular formula is C25H24ClN3O3S. The lowest BCUT2D eigenvalue weighted by atomic mass is 10.2. The third-order valence-corrected chi connectivity index (χ3v) is 5.18. The van der Waals surface area contributed by atoms with E-state index in [1.165, 1.54) is 0 Å². The first-order valence-corrected chi connectivity index (χ1v) is 11.2. The molecule has 3 aromatic carbocycles. The molecule has 0 fully saturated rings. The van der Waals surface area contributed by atoms with Crippen LogP contribution in [-0.4, -0.2) is 23.0 Å². The number of benzene rings is 3. The Morgan fingerprint density at radius 1 is 0.909 bits per heavy atom. The highest BCUT2D eigenvalue weighted by atomic mass is 35.5. The fourth-order valence-corrected chi connectivity index (χ4v) is 3.21. The molecule has 0 spiro atoms. The van der Waals surface area contributed by atoms with Crippen molar-refractivity contribution in [2.24, 2.45) is 0 Å². The summed E-state index contributed by atoms with van der Waals surface area (Å²) in [5, 5.41) is 9.06. The van der Waals surface area contributed by atoms with Crippen LogP contribution in [0.4, 0.5) is 11.4 Å². The minimum Gasteiger partial charge on any atom is -0.491 e. The molecule has 0 aliphatic carbocycles. The molecule has 0 aromatic heterocycles. The van der Waals surface area contributed by atoms with Gasteiger partial charge in [-0.1, -0.05) is 24.6 Å². The molecule has 1 atom stereocenters. The second kappa shape index (κ2) is 11.4. The van der Waals surface area contributed by atoms with E-state index in [1.54, 1.807) is 72.8 Å². The van der Waals surface area contributed by atoms with Crippen molar-refractivity contribution in [1.29, 1.82) is 0 Å². The van der Waals surface area contributed by atoms with Crippen molar-refractivity contribution in [3.63, 3.8) is 0 Å². The van der Waals surface area contributed by atoms with Gasteiger partial charge >= 0.3 is 0 Å². The van der Waals surface area contributed by atoms with Crippen LogP contribution in [0.3, 0.4) is 0 Å². The van der Waals surface area contributed by atoms with E-state index in [2.05, 4.69) is 16.0 Å². The van der Waals surface area contributed by atoms with Gasteiger partial charge in [-0.05, 0) is 92.3 Å². The van der Waals surface area contributed by atoms with Crippen LogP contribution in [0, 0.1) is 0 Å². The first kappa shape index (κ1) is 24.2. The molecule has 33 heavy (non-hydrogen) atoms. The van der Waals surface area contributed by atoms with Gasteiger partial charge in [0.05, 0.1) is 6.10 Å². The molecule has 0 unspecified atom stereocenters. The van der Waals surface area contributed by atoms with E-state index < -0.39 is 0 Å². The van der Waals surface area contributed by atoms with Gasteiger partial charge in [0.25, 0.3) is 11.8 Å². The highest BCUT2D eigenvalue weighted by Crippen LogP contribution is 2.17. The van der Waals surface area contributed by atoms with Crippen LogP contribution < -0.4 is 20.7 Å². The predicted molar refractivity (Wildman–Crippen MR) is 136 cm³/mol. The standard InChI is InChI=1S/C25H24ClN3O3S/c1-3-16(2)32-22-13-7-17(8-14-22)23(30)29-25(33)28-21-11-9-20(10-12-21)27-24(31)18-5-4-6-19(26)15-18/h4-16H,3H2,1-2H3,(H,27,31)(H2,28,29,30,33)/t16-/m1/s1. The molecule has 0 heterocycles. The lowest BCUT2D eigenvalue weighted by molar-refractivity contribution is 0.0976. The van der Waals surface area contributed by atoms with Crippen LogP contribution in [0.25, 0.3) is 0 Å². The summed E-state index contributed by atoms with van der Waals surface area (Å²) < 4.78 is 5.72. The minimum absolute atomic E-state index is 0.109. The zero-order valence-corrected chi connectivity index (χ0v) is 19.8. The SMILES string of the molecule is CC[C@@H](C)Oc1ccc(C(=O)NC(=S)Nc2ccc(NC(=O)c3cccc(Cl)c3)cc2)cc1. The number of amides is 2. The maximum Gasteiger partial charge on any atom is 0.257 e. The lowest BCUT2D eigenvalue weighted by Crippen LogP contribution is -2.34. The molecule has 0 radical (unpaired) electrons. The summed E-state index contributed by atoms with van der Waals surface area (Å²) in [5.74, 6) is 0.124. The zero-order valence-electron chi connectivity index (χ0n) is 18.2. The molecule has 0 aliphatic heterocycles. The molecule has 2 amide bonds. The van der Waals surface area contributed by atoms with Crippen molar-refractivity contribution in [3.8, 4) is 5.75 Å². The van der Waals surface area contributed by atoms with Crippen LogP contribution in [0.2, 0.25) is 5.02 Å². The number of anilines is 2. The van der Waals surface area contributed by atoms with E-state index in [1.807, 2.05) is 13.8 Å². The summed E-state index contributed by atoms with van der Waals surface area (Å²) in [6.45, 7) is 4.04. The lowest BCUT2D eigenvalue weighted by Gasteiger charge is -2.13. The summed E-state index contributed by atoms with van der Waals surface area (Å²) in [5.41, 5.74) is 2.21. The van der Waals surface area contributed by atoms with Crippen molar-refractivity contribution >= 4 is 52.1 Å². The highest BCUT2D eigenvalue weighted by Gasteiger charge is 2.10. The average molecular weight is 482 g/mol. The molecule has 3 rings (SSSR count). The summed E-state index contributed by atoms with van der Waals surface area (Å²) in [6, 6.07) is 20.5. The van der Waals surface area contributed by atoms with E-state index >= 15 is 0 Å². The molecule has 170 valence electrons. The number of carbonyl (C=O) groups excluding carboxylic acids is 2. The zero-order chi connectivity index (χ0) is 23.8. The topological polar surface area (TPSA) is 79.5 Å². The maximum absolute atomic E-state index is 12.4. The third-order valence-electron chi connectivity index (χ3n) is 4.74. The Kier molecular flexibility index (Phi) is 8.40. The van der Waals surface area contributed by atoms with Crippen LogP contribution >= 0.6 is 23.8 Å². The first-order chi connectivity index (χ1) is 15.8. The number of halogens is 1. The first-order valence-electron chi connectivity index (χ1n) is 10.4. The Morgan fingerprint density at radius 2 is 1.55 bits per heavy atom. The Balaban J connectivity index is 1.52. The summed E-state index contributed by atoms with van der Waals surface area (Å²) >= 11 is 11.2. The van der Waals surface area contributed by atoms with Crippen molar-refractivity contribution in [2.75, 3.05) is 10.6 Å². The number of hydrogen-bond donors (Lipinski definition) is 3. The minimum atomic E-state index is -0.326. The maximum atomic E-state index is 12.4. The van der Waals surface area contributed by atoms with E-state index in [0.29, 0.717) is 33.3 Å². The van der Waals surface area contributed by atoms with Gasteiger partial charge in [-0.2, -0.15) is 0 Å². The van der Waals surface area contributed by atoms with Crippen molar-refractivity contribution in [3.05, 3.63) is 88.9 Å². The van der Waals surface area contributed by atoms with E-state index in [0.717, 1.165) is 6.42 Å². The van der Waals surface area contributed by atoms with Gasteiger partial charge in [-0.3, -0.25) is 14.9 Å². The van der Waals surface area contributed by atoms with Crippen LogP contribution in [0.5, 0.6) is 5.75 Å². The van der Waals surface area contributed by atoms with Gasteiger partial charge in [0.1, 0.15) is 5.75 Å². The van der Waals surface area contributed by atoms with E-state index in [-0.39, 0.29) is 23.0 Å². The summed E-state index contributed by atoms with van der Waals surface area (Å²) in [4.78, 5) is 24.7. The fraction of sp³-hybridized carbons (Fsp3) is 0.160. The van der Waals surface area contributed by atoms with Crippen LogP contribution in [-0.2, 0) is 0 Å². The second-order valence-electron chi connectivity index (χ2n) is 7.31. The number of rotatable bonds is 7. The van der Waals surface area contributed by atoms with Gasteiger partial charge in [0.2, 0.25) is 0 Å². The Bertz CT molecular complexity index is 1130. The summed E-state index contributed by atoms with van der Waals surface area (Å²) in [6.07, 6.45) is 1.01. The molecule has 6 nitrogen and oxygen atoms in total. The normalized spacial score (nSPS) is 11.2. The molecule has 3 N–H and O–H groups in total. The van der Waals surface area contributed by atoms with Crippen LogP contribution in [0.1, 0.15) is 41.0 Å². The Hall–Kier alpha value is -3.42. The highest BCUT2D eigenvalue weighted by molar-refractivity contribution is 7.80. The van der Waals surface area contributed by atoms with Crippen molar-refractivity contribution in [2.45, 2.75) is 26.4 Å². The third kappa shape index (κ3) is 7.30. The Morgan fingerprint density at radius 3 is 2.15 bits per heavy atom. The second-order valence-corrected chi connectivity index (χ2v) is 8.16. The molecule has 0 bridgehead atoms. The molecule has 3 aromatic rings. The predicted octanol–water partition coefficient (Wildman–Crippen LogP) is 5.90. The molecule has 0 saturated heterocycles. The fourth-order valence-electron chi connectivity index (χ4n) is 2.81. The van der Waals surface area contributed by atoms with Crippen molar-refractivity contribution < 1.29 is 14.3 Å². The van der Waals surface area contributed by atoms with Gasteiger partial charge in [-0.25, -0.2) is 0 Å². The van der Waals surface area contributed by atoms with Gasteiger partial charge < -0.3 is 15.4 Å². The number of nitrogens with one attached hydrogen (secondary N) is 3. The number of ether oxygens (including phenoxy) is 1. The van der Waals surface area contributed by atoms with Gasteiger partial charge in [0, 0.05) is 27.5 Å². The summed E-state index contributed by atoms with van der Waals surface area (Å²) in [7, 11) is 0.